The SMILES string of the molecule is CCOC(=O)C1CCC(n2ncc(C(=O)N(CC3CC(C)(C)C3)CC(O[Si](CC)(CC)CC)c3c(Cl)cncc3Cl)c2C(F)(F)F)CC1. The summed E-state index contributed by atoms with van der Waals surface area (Å²) in [4.78, 5) is 32.3. The van der Waals surface area contributed by atoms with Crippen molar-refractivity contribution in [2.75, 3.05) is 19.7 Å². The molecule has 4 rings (SSSR count). The molecule has 2 aliphatic carbocycles. The summed E-state index contributed by atoms with van der Waals surface area (Å²) >= 11 is 13.3. The zero-order chi connectivity index (χ0) is 35.4. The van der Waals surface area contributed by atoms with Crippen LogP contribution in [0, 0.1) is 17.3 Å². The summed E-state index contributed by atoms with van der Waals surface area (Å²) in [5.41, 5.74) is -0.990. The van der Waals surface area contributed by atoms with Crippen LogP contribution in [0.5, 0.6) is 0 Å². The highest BCUT2D eigenvalue weighted by molar-refractivity contribution is 6.73. The molecule has 8 nitrogen and oxygen atoms in total. The molecule has 2 aromatic heterocycles. The Morgan fingerprint density at radius 1 is 1.02 bits per heavy atom. The van der Waals surface area contributed by atoms with Crippen LogP contribution in [-0.4, -0.2) is 59.6 Å². The van der Waals surface area contributed by atoms with Gasteiger partial charge >= 0.3 is 12.1 Å². The van der Waals surface area contributed by atoms with Crippen LogP contribution in [0.3, 0.4) is 0 Å². The van der Waals surface area contributed by atoms with Gasteiger partial charge in [0.2, 0.25) is 0 Å². The maximum atomic E-state index is 14.9. The predicted octanol–water partition coefficient (Wildman–Crippen LogP) is 9.54. The highest BCUT2D eigenvalue weighted by atomic mass is 35.5. The van der Waals surface area contributed by atoms with Crippen molar-refractivity contribution in [3.63, 3.8) is 0 Å². The van der Waals surface area contributed by atoms with Gasteiger partial charge in [-0.1, -0.05) is 57.8 Å². The maximum Gasteiger partial charge on any atom is 0.433 e. The van der Waals surface area contributed by atoms with Gasteiger partial charge in [-0.05, 0) is 74.9 Å². The van der Waals surface area contributed by atoms with Gasteiger partial charge in [0, 0.05) is 24.5 Å². The monoisotopic (exact) mass is 732 g/mol. The minimum absolute atomic E-state index is 0.0267. The van der Waals surface area contributed by atoms with E-state index in [1.54, 1.807) is 6.92 Å². The highest BCUT2D eigenvalue weighted by Crippen LogP contribution is 2.46. The molecule has 1 amide bonds. The van der Waals surface area contributed by atoms with Gasteiger partial charge < -0.3 is 14.1 Å². The van der Waals surface area contributed by atoms with Crippen LogP contribution in [0.15, 0.2) is 18.6 Å². The Bertz CT molecular complexity index is 1390. The van der Waals surface area contributed by atoms with Crippen LogP contribution in [0.25, 0.3) is 0 Å². The lowest BCUT2D eigenvalue weighted by Crippen LogP contribution is -2.46. The van der Waals surface area contributed by atoms with E-state index >= 15 is 0 Å². The molecule has 2 aliphatic rings. The lowest BCUT2D eigenvalue weighted by atomic mass is 9.64. The van der Waals surface area contributed by atoms with Gasteiger partial charge in [-0.2, -0.15) is 18.3 Å². The number of rotatable bonds is 14. The van der Waals surface area contributed by atoms with Crippen molar-refractivity contribution < 1.29 is 31.9 Å². The molecule has 0 N–H and O–H groups in total. The Balaban J connectivity index is 1.72. The molecule has 2 heterocycles. The first-order valence-electron chi connectivity index (χ1n) is 17.2. The average Bonchev–Trinajstić information content (AvgIpc) is 3.48. The molecule has 0 aliphatic heterocycles. The van der Waals surface area contributed by atoms with E-state index in [1.165, 1.54) is 17.3 Å². The summed E-state index contributed by atoms with van der Waals surface area (Å²) in [5.74, 6) is -1.33. The number of amides is 1. The van der Waals surface area contributed by atoms with Crippen molar-refractivity contribution in [2.24, 2.45) is 17.3 Å². The van der Waals surface area contributed by atoms with Crippen molar-refractivity contribution in [3.05, 3.63) is 45.5 Å². The summed E-state index contributed by atoms with van der Waals surface area (Å²) in [7, 11) is -2.33. The number of alkyl halides is 3. The Morgan fingerprint density at radius 3 is 2.10 bits per heavy atom. The molecule has 0 spiro atoms. The second kappa shape index (κ2) is 15.8. The standard InChI is InChI=1S/C34H49Cl2F3N4O4Si/c1-7-46-32(45)23-11-13-24(14-12-23)43-30(34(37,38)39)25(17-41-43)31(44)42(20-22-15-33(5,6)16-22)21-28(47-48(8-2,9-3)10-4)29-26(35)18-40-19-27(29)36/h17-19,22-24,28H,7-16,20-21H2,1-6H3. The summed E-state index contributed by atoms with van der Waals surface area (Å²) in [6.45, 7) is 12.7. The first-order chi connectivity index (χ1) is 22.6. The van der Waals surface area contributed by atoms with Gasteiger partial charge in [0.1, 0.15) is 0 Å². The van der Waals surface area contributed by atoms with Crippen molar-refractivity contribution in [1.82, 2.24) is 19.7 Å². The molecule has 48 heavy (non-hydrogen) atoms. The molecular formula is C34H49Cl2F3N4O4Si. The maximum absolute atomic E-state index is 14.9. The summed E-state index contributed by atoms with van der Waals surface area (Å²) in [5, 5.41) is 4.73. The van der Waals surface area contributed by atoms with Gasteiger partial charge in [-0.15, -0.1) is 0 Å². The number of aromatic nitrogens is 3. The molecule has 1 atom stereocenters. The van der Waals surface area contributed by atoms with Crippen molar-refractivity contribution in [1.29, 1.82) is 0 Å². The molecule has 2 saturated carbocycles. The Labute approximate surface area is 293 Å². The number of nitrogens with zero attached hydrogens (tertiary/aromatic N) is 4. The van der Waals surface area contributed by atoms with Crippen LogP contribution in [0.2, 0.25) is 28.2 Å². The Morgan fingerprint density at radius 2 is 1.60 bits per heavy atom. The first-order valence-corrected chi connectivity index (χ1v) is 20.4. The number of carbonyl (C=O) groups excluding carboxylic acids is 2. The number of carbonyl (C=O) groups is 2. The predicted molar refractivity (Wildman–Crippen MR) is 183 cm³/mol. The van der Waals surface area contributed by atoms with Gasteiger partial charge in [-0.25, -0.2) is 0 Å². The topological polar surface area (TPSA) is 86.6 Å². The lowest BCUT2D eigenvalue weighted by Gasteiger charge is -2.45. The summed E-state index contributed by atoms with van der Waals surface area (Å²) in [6.07, 6.45) is 1.46. The third kappa shape index (κ3) is 8.76. The molecule has 0 radical (unpaired) electrons. The fourth-order valence-electron chi connectivity index (χ4n) is 7.67. The third-order valence-corrected chi connectivity index (χ3v) is 15.6. The van der Waals surface area contributed by atoms with E-state index in [-0.39, 0.29) is 53.0 Å². The molecule has 0 aromatic carbocycles. The largest absolute Gasteiger partial charge is 0.466 e. The fraction of sp³-hybridized carbons (Fsp3) is 0.706. The van der Waals surface area contributed by atoms with E-state index in [0.717, 1.165) is 41.9 Å². The Kier molecular flexibility index (Phi) is 12.7. The quantitative estimate of drug-likeness (QED) is 0.142. The molecular weight excluding hydrogens is 684 g/mol. The van der Waals surface area contributed by atoms with Gasteiger partial charge in [0.25, 0.3) is 5.91 Å². The molecule has 1 unspecified atom stereocenters. The van der Waals surface area contributed by atoms with Gasteiger partial charge in [-0.3, -0.25) is 19.3 Å². The summed E-state index contributed by atoms with van der Waals surface area (Å²) < 4.78 is 57.7. The van der Waals surface area contributed by atoms with Gasteiger partial charge in [0.05, 0.1) is 53.0 Å². The van der Waals surface area contributed by atoms with Crippen molar-refractivity contribution in [3.8, 4) is 0 Å². The molecule has 0 bridgehead atoms. The van der Waals surface area contributed by atoms with Crippen molar-refractivity contribution in [2.45, 2.75) is 117 Å². The number of hydrogen-bond donors (Lipinski definition) is 0. The van der Waals surface area contributed by atoms with E-state index in [4.69, 9.17) is 32.4 Å². The number of esters is 1. The zero-order valence-corrected chi connectivity index (χ0v) is 31.4. The molecule has 0 saturated heterocycles. The van der Waals surface area contributed by atoms with Crippen LogP contribution < -0.4 is 0 Å². The number of ether oxygens (including phenoxy) is 1. The second-order valence-corrected chi connectivity index (χ2v) is 19.7. The minimum atomic E-state index is -4.84. The van der Waals surface area contributed by atoms with Crippen LogP contribution >= 0.6 is 23.2 Å². The fourth-order valence-corrected chi connectivity index (χ4v) is 11.1. The second-order valence-electron chi connectivity index (χ2n) is 14.1. The van der Waals surface area contributed by atoms with Crippen molar-refractivity contribution >= 4 is 43.4 Å². The summed E-state index contributed by atoms with van der Waals surface area (Å²) in [6, 6.07) is 1.83. The first kappa shape index (κ1) is 38.6. The van der Waals surface area contributed by atoms with Crippen LogP contribution in [0.4, 0.5) is 13.2 Å². The minimum Gasteiger partial charge on any atom is -0.466 e. The van der Waals surface area contributed by atoms with E-state index in [9.17, 15) is 22.8 Å². The Hall–Kier alpha value is -2.15. The number of pyridine rings is 1. The molecule has 2 aromatic rings. The number of halogens is 5. The smallest absolute Gasteiger partial charge is 0.433 e. The molecule has 14 heteroatoms. The van der Waals surface area contributed by atoms with E-state index in [2.05, 4.69) is 44.7 Å². The number of hydrogen-bond acceptors (Lipinski definition) is 6. The lowest BCUT2D eigenvalue weighted by molar-refractivity contribution is -0.151. The van der Waals surface area contributed by atoms with E-state index < -0.39 is 43.8 Å². The van der Waals surface area contributed by atoms with Gasteiger partial charge in [0.15, 0.2) is 14.0 Å². The normalized spacial score (nSPS) is 20.6. The highest BCUT2D eigenvalue weighted by Gasteiger charge is 2.45. The third-order valence-electron chi connectivity index (χ3n) is 10.3. The molecule has 268 valence electrons. The average molecular weight is 734 g/mol. The zero-order valence-electron chi connectivity index (χ0n) is 28.8. The van der Waals surface area contributed by atoms with E-state index in [0.29, 0.717) is 31.2 Å². The molecule has 2 fully saturated rings. The van der Waals surface area contributed by atoms with Crippen LogP contribution in [0.1, 0.15) is 114 Å². The van der Waals surface area contributed by atoms with E-state index in [1.807, 2.05) is 0 Å². The van der Waals surface area contributed by atoms with Crippen LogP contribution in [-0.2, 0) is 20.1 Å².